The smallest absolute Gasteiger partial charge is 0.296 e. The SMILES string of the molecule is Cc1cccc(N2C(=O)c3oc4cc(C)c(C)cc4c(=O)c3[C@H]2c2ccc(F)cc2)n1. The van der Waals surface area contributed by atoms with Gasteiger partial charge in [0.1, 0.15) is 17.2 Å². The third-order valence-electron chi connectivity index (χ3n) is 5.79. The van der Waals surface area contributed by atoms with E-state index in [0.29, 0.717) is 22.4 Å². The molecule has 1 atom stereocenters. The Kier molecular flexibility index (Phi) is 4.25. The fourth-order valence-corrected chi connectivity index (χ4v) is 4.09. The van der Waals surface area contributed by atoms with E-state index in [-0.39, 0.29) is 16.8 Å². The highest BCUT2D eigenvalue weighted by Gasteiger charge is 2.44. The van der Waals surface area contributed by atoms with Crippen LogP contribution in [0.1, 0.15) is 44.5 Å². The first-order valence-electron chi connectivity index (χ1n) is 9.96. The number of hydrogen-bond donors (Lipinski definition) is 0. The molecule has 0 radical (unpaired) electrons. The summed E-state index contributed by atoms with van der Waals surface area (Å²) in [7, 11) is 0. The van der Waals surface area contributed by atoms with E-state index in [0.717, 1.165) is 16.8 Å². The van der Waals surface area contributed by atoms with Crippen LogP contribution < -0.4 is 10.3 Å². The summed E-state index contributed by atoms with van der Waals surface area (Å²) < 4.78 is 19.6. The third kappa shape index (κ3) is 2.94. The summed E-state index contributed by atoms with van der Waals surface area (Å²) in [5.74, 6) is -0.440. The van der Waals surface area contributed by atoms with Crippen molar-refractivity contribution in [2.45, 2.75) is 26.8 Å². The van der Waals surface area contributed by atoms with E-state index < -0.39 is 17.8 Å². The molecule has 31 heavy (non-hydrogen) atoms. The van der Waals surface area contributed by atoms with Gasteiger partial charge in [-0.15, -0.1) is 0 Å². The average molecular weight is 414 g/mol. The zero-order valence-electron chi connectivity index (χ0n) is 17.3. The highest BCUT2D eigenvalue weighted by molar-refractivity contribution is 6.10. The molecule has 2 aromatic carbocycles. The second-order valence-electron chi connectivity index (χ2n) is 7.87. The van der Waals surface area contributed by atoms with Crippen LogP contribution in [0.15, 0.2) is 63.8 Å². The van der Waals surface area contributed by atoms with Crippen LogP contribution in [0.4, 0.5) is 10.2 Å². The molecule has 0 aliphatic carbocycles. The minimum Gasteiger partial charge on any atom is -0.450 e. The maximum Gasteiger partial charge on any atom is 0.296 e. The highest BCUT2D eigenvalue weighted by atomic mass is 19.1. The number of aryl methyl sites for hydroxylation is 3. The first-order valence-corrected chi connectivity index (χ1v) is 9.96. The maximum absolute atomic E-state index is 13.6. The second-order valence-corrected chi connectivity index (χ2v) is 7.87. The van der Waals surface area contributed by atoms with Gasteiger partial charge >= 0.3 is 0 Å². The van der Waals surface area contributed by atoms with E-state index in [9.17, 15) is 14.0 Å². The Morgan fingerprint density at radius 3 is 2.39 bits per heavy atom. The van der Waals surface area contributed by atoms with Crippen molar-refractivity contribution >= 4 is 22.7 Å². The quantitative estimate of drug-likeness (QED) is 0.463. The van der Waals surface area contributed by atoms with Gasteiger partial charge in [0.2, 0.25) is 5.76 Å². The number of aromatic nitrogens is 1. The van der Waals surface area contributed by atoms with Crippen molar-refractivity contribution in [2.24, 2.45) is 0 Å². The lowest BCUT2D eigenvalue weighted by Crippen LogP contribution is -2.30. The van der Waals surface area contributed by atoms with Crippen molar-refractivity contribution in [3.8, 4) is 0 Å². The minimum atomic E-state index is -0.764. The molecule has 6 heteroatoms. The van der Waals surface area contributed by atoms with Gasteiger partial charge in [-0.3, -0.25) is 14.5 Å². The van der Waals surface area contributed by atoms with Gasteiger partial charge in [-0.2, -0.15) is 0 Å². The van der Waals surface area contributed by atoms with Gasteiger partial charge in [-0.25, -0.2) is 9.37 Å². The molecular formula is C25H19FN2O3. The summed E-state index contributed by atoms with van der Waals surface area (Å²) in [4.78, 5) is 33.0. The molecule has 1 aliphatic heterocycles. The van der Waals surface area contributed by atoms with Gasteiger partial charge in [-0.1, -0.05) is 18.2 Å². The molecular weight excluding hydrogens is 395 g/mol. The van der Waals surface area contributed by atoms with Gasteiger partial charge < -0.3 is 4.42 Å². The number of benzene rings is 2. The molecule has 0 N–H and O–H groups in total. The Morgan fingerprint density at radius 2 is 1.68 bits per heavy atom. The van der Waals surface area contributed by atoms with Crippen molar-refractivity contribution in [3.05, 3.63) is 104 Å². The number of carbonyl (C=O) groups excluding carboxylic acids is 1. The predicted molar refractivity (Wildman–Crippen MR) is 116 cm³/mol. The molecule has 2 aromatic heterocycles. The fraction of sp³-hybridized carbons (Fsp3) is 0.160. The second kappa shape index (κ2) is 6.87. The number of rotatable bonds is 2. The maximum atomic E-state index is 13.6. The van der Waals surface area contributed by atoms with Crippen molar-refractivity contribution < 1.29 is 13.6 Å². The number of anilines is 1. The van der Waals surface area contributed by atoms with Crippen molar-refractivity contribution in [1.82, 2.24) is 4.98 Å². The van der Waals surface area contributed by atoms with Crippen molar-refractivity contribution in [1.29, 1.82) is 0 Å². The number of halogens is 1. The van der Waals surface area contributed by atoms with E-state index in [2.05, 4.69) is 4.98 Å². The lowest BCUT2D eigenvalue weighted by Gasteiger charge is -2.24. The van der Waals surface area contributed by atoms with Crippen LogP contribution in [0.2, 0.25) is 0 Å². The van der Waals surface area contributed by atoms with Crippen LogP contribution in [0.3, 0.4) is 0 Å². The van der Waals surface area contributed by atoms with Crippen LogP contribution in [0.5, 0.6) is 0 Å². The average Bonchev–Trinajstić information content (AvgIpc) is 3.03. The summed E-state index contributed by atoms with van der Waals surface area (Å²) in [5.41, 5.74) is 3.61. The van der Waals surface area contributed by atoms with Gasteiger partial charge in [0.05, 0.1) is 17.0 Å². The van der Waals surface area contributed by atoms with Crippen LogP contribution in [-0.2, 0) is 0 Å². The predicted octanol–water partition coefficient (Wildman–Crippen LogP) is 5.00. The summed E-state index contributed by atoms with van der Waals surface area (Å²) in [5, 5.41) is 0.417. The number of hydrogen-bond acceptors (Lipinski definition) is 4. The van der Waals surface area contributed by atoms with Crippen LogP contribution in [0.25, 0.3) is 11.0 Å². The van der Waals surface area contributed by atoms with E-state index in [1.807, 2.05) is 26.8 Å². The number of pyridine rings is 1. The lowest BCUT2D eigenvalue weighted by molar-refractivity contribution is 0.0970. The molecule has 0 saturated carbocycles. The molecule has 154 valence electrons. The molecule has 5 nitrogen and oxygen atoms in total. The zero-order valence-corrected chi connectivity index (χ0v) is 17.3. The number of amides is 1. The molecule has 0 fully saturated rings. The molecule has 0 bridgehead atoms. The fourth-order valence-electron chi connectivity index (χ4n) is 4.09. The molecule has 1 aliphatic rings. The number of nitrogens with zero attached hydrogens (tertiary/aromatic N) is 2. The molecule has 0 saturated heterocycles. The molecule has 3 heterocycles. The molecule has 5 rings (SSSR count). The van der Waals surface area contributed by atoms with E-state index in [1.54, 1.807) is 36.4 Å². The van der Waals surface area contributed by atoms with Gasteiger partial charge in [0.15, 0.2) is 5.43 Å². The Labute approximate surface area is 177 Å². The standard InChI is InChI=1S/C25H19FN2O3/c1-13-11-18-19(12-14(13)2)31-24-21(23(18)29)22(16-7-9-17(26)10-8-16)28(25(24)30)20-6-4-5-15(3)27-20/h4-12,22H,1-3H3/t22-/m1/s1. The van der Waals surface area contributed by atoms with Gasteiger partial charge in [0.25, 0.3) is 5.91 Å². The van der Waals surface area contributed by atoms with E-state index in [4.69, 9.17) is 4.42 Å². The summed E-state index contributed by atoms with van der Waals surface area (Å²) >= 11 is 0. The summed E-state index contributed by atoms with van der Waals surface area (Å²) in [6.45, 7) is 5.68. The molecule has 1 amide bonds. The van der Waals surface area contributed by atoms with Crippen LogP contribution in [0, 0.1) is 26.6 Å². The van der Waals surface area contributed by atoms with E-state index in [1.165, 1.54) is 17.0 Å². The van der Waals surface area contributed by atoms with Gasteiger partial charge in [-0.05, 0) is 73.9 Å². The lowest BCUT2D eigenvalue weighted by atomic mass is 9.97. The van der Waals surface area contributed by atoms with Gasteiger partial charge in [0, 0.05) is 5.69 Å². The summed E-state index contributed by atoms with van der Waals surface area (Å²) in [6.07, 6.45) is 0. The highest BCUT2D eigenvalue weighted by Crippen LogP contribution is 2.40. The Morgan fingerprint density at radius 1 is 0.968 bits per heavy atom. The third-order valence-corrected chi connectivity index (χ3v) is 5.79. The first kappa shape index (κ1) is 19.2. The molecule has 0 unspecified atom stereocenters. The Balaban J connectivity index is 1.83. The molecule has 0 spiro atoms. The number of fused-ring (bicyclic) bond motifs is 2. The topological polar surface area (TPSA) is 63.4 Å². The first-order chi connectivity index (χ1) is 14.8. The van der Waals surface area contributed by atoms with Crippen molar-refractivity contribution in [3.63, 3.8) is 0 Å². The zero-order chi connectivity index (χ0) is 21.9. The molecule has 4 aromatic rings. The normalized spacial score (nSPS) is 15.5. The largest absolute Gasteiger partial charge is 0.450 e. The monoisotopic (exact) mass is 414 g/mol. The summed E-state index contributed by atoms with van der Waals surface area (Å²) in [6, 6.07) is 13.9. The Bertz CT molecular complexity index is 1420. The van der Waals surface area contributed by atoms with Crippen molar-refractivity contribution in [2.75, 3.05) is 4.90 Å². The van der Waals surface area contributed by atoms with Crippen LogP contribution >= 0.6 is 0 Å². The Hall–Kier alpha value is -3.80. The van der Waals surface area contributed by atoms with Crippen LogP contribution in [-0.4, -0.2) is 10.9 Å². The minimum absolute atomic E-state index is 0.00150. The number of carbonyl (C=O) groups is 1. The van der Waals surface area contributed by atoms with E-state index >= 15 is 0 Å².